The largest absolute Gasteiger partial charge is 0.356 e. The highest BCUT2D eigenvalue weighted by Gasteiger charge is 2.27. The molecule has 0 aromatic rings. The van der Waals surface area contributed by atoms with Crippen LogP contribution >= 0.6 is 11.8 Å². The quantitative estimate of drug-likeness (QED) is 0.661. The van der Waals surface area contributed by atoms with Crippen LogP contribution in [-0.4, -0.2) is 36.5 Å². The third-order valence-electron chi connectivity index (χ3n) is 2.11. The highest BCUT2D eigenvalue weighted by molar-refractivity contribution is 8.06. The molecular weight excluding hydrogens is 186 g/mol. The molecule has 1 amide bonds. The number of fused-ring (bicyclic) bond motifs is 1. The van der Waals surface area contributed by atoms with Crippen LogP contribution in [0.3, 0.4) is 0 Å². The summed E-state index contributed by atoms with van der Waals surface area (Å²) in [6.07, 6.45) is 2.79. The number of carbonyl (C=O) groups is 1. The third-order valence-corrected chi connectivity index (χ3v) is 3.06. The molecule has 13 heavy (non-hydrogen) atoms. The highest BCUT2D eigenvalue weighted by Crippen LogP contribution is 2.36. The van der Waals surface area contributed by atoms with Crippen molar-refractivity contribution in [1.29, 1.82) is 0 Å². The Bertz CT molecular complexity index is 287. The van der Waals surface area contributed by atoms with Crippen molar-refractivity contribution >= 4 is 18.2 Å². The van der Waals surface area contributed by atoms with E-state index in [2.05, 4.69) is 26.7 Å². The molecule has 0 fully saturated rings. The molecule has 4 nitrogen and oxygen atoms in total. The van der Waals surface area contributed by atoms with E-state index >= 15 is 0 Å². The Labute approximate surface area is 81.3 Å². The maximum absolute atomic E-state index is 10.2. The van der Waals surface area contributed by atoms with Gasteiger partial charge in [0.25, 0.3) is 0 Å². The first kappa shape index (κ1) is 8.50. The fourth-order valence-corrected chi connectivity index (χ4v) is 2.43. The molecule has 70 valence electrons. The van der Waals surface area contributed by atoms with Gasteiger partial charge < -0.3 is 15.1 Å². The normalized spacial score (nSPS) is 19.8. The molecule has 0 unspecified atom stereocenters. The van der Waals surface area contributed by atoms with Crippen LogP contribution in [-0.2, 0) is 4.79 Å². The second-order valence-corrected chi connectivity index (χ2v) is 3.86. The molecule has 0 aromatic carbocycles. The number of rotatable bonds is 3. The van der Waals surface area contributed by atoms with Crippen LogP contribution in [0, 0.1) is 0 Å². The summed E-state index contributed by atoms with van der Waals surface area (Å²) >= 11 is 1.70. The van der Waals surface area contributed by atoms with Gasteiger partial charge in [-0.05, 0) is 5.41 Å². The standard InChI is InChI=1S/C8H11N3OS/c1-10-6-11-2-3-13-8(11)7(10)4-9-5-12/h2-3,5H,4,6H2,1H3,(H,9,12). The molecular formula is C8H11N3OS. The van der Waals surface area contributed by atoms with E-state index in [1.165, 1.54) is 10.7 Å². The molecule has 0 spiro atoms. The van der Waals surface area contributed by atoms with Gasteiger partial charge in [-0.25, -0.2) is 0 Å². The number of nitrogens with one attached hydrogen (secondary N) is 1. The fourth-order valence-electron chi connectivity index (χ4n) is 1.47. The molecule has 5 heteroatoms. The molecule has 0 saturated heterocycles. The Morgan fingerprint density at radius 2 is 2.62 bits per heavy atom. The van der Waals surface area contributed by atoms with Gasteiger partial charge in [-0.1, -0.05) is 11.8 Å². The third kappa shape index (κ3) is 1.39. The van der Waals surface area contributed by atoms with E-state index < -0.39 is 0 Å². The number of hydrogen-bond acceptors (Lipinski definition) is 4. The summed E-state index contributed by atoms with van der Waals surface area (Å²) in [6, 6.07) is 0. The van der Waals surface area contributed by atoms with Crippen molar-refractivity contribution < 1.29 is 4.79 Å². The van der Waals surface area contributed by atoms with E-state index in [1.807, 2.05) is 7.05 Å². The van der Waals surface area contributed by atoms with E-state index in [4.69, 9.17) is 0 Å². The minimum absolute atomic E-state index is 0.612. The molecule has 0 saturated carbocycles. The smallest absolute Gasteiger partial charge is 0.207 e. The predicted octanol–water partition coefficient (Wildman–Crippen LogP) is 0.324. The molecule has 2 rings (SSSR count). The molecule has 0 aromatic heterocycles. The van der Waals surface area contributed by atoms with E-state index in [-0.39, 0.29) is 0 Å². The van der Waals surface area contributed by atoms with Crippen molar-refractivity contribution in [3.63, 3.8) is 0 Å². The molecule has 2 aliphatic rings. The number of carbonyl (C=O) groups excluding carboxylic acids is 1. The van der Waals surface area contributed by atoms with Gasteiger partial charge in [-0.3, -0.25) is 4.79 Å². The number of nitrogens with zero attached hydrogens (tertiary/aromatic N) is 2. The van der Waals surface area contributed by atoms with Gasteiger partial charge in [-0.15, -0.1) is 0 Å². The summed E-state index contributed by atoms with van der Waals surface area (Å²) in [5.74, 6) is 0. The minimum Gasteiger partial charge on any atom is -0.356 e. The van der Waals surface area contributed by atoms with E-state index in [0.717, 1.165) is 13.1 Å². The van der Waals surface area contributed by atoms with Gasteiger partial charge in [0.1, 0.15) is 5.03 Å². The number of hydrogen-bond donors (Lipinski definition) is 1. The Balaban J connectivity index is 2.13. The lowest BCUT2D eigenvalue weighted by molar-refractivity contribution is -0.109. The van der Waals surface area contributed by atoms with Gasteiger partial charge in [0.05, 0.1) is 18.9 Å². The Morgan fingerprint density at radius 3 is 3.38 bits per heavy atom. The molecule has 1 N–H and O–H groups in total. The Hall–Kier alpha value is -1.10. The van der Waals surface area contributed by atoms with Crippen molar-refractivity contribution in [3.05, 3.63) is 22.3 Å². The van der Waals surface area contributed by atoms with Gasteiger partial charge in [0, 0.05) is 13.2 Å². The summed E-state index contributed by atoms with van der Waals surface area (Å²) in [4.78, 5) is 14.5. The summed E-state index contributed by atoms with van der Waals surface area (Å²) in [5.41, 5.74) is 1.18. The van der Waals surface area contributed by atoms with Crippen LogP contribution in [0.5, 0.6) is 0 Å². The second kappa shape index (κ2) is 3.33. The first-order chi connectivity index (χ1) is 6.33. The monoisotopic (exact) mass is 197 g/mol. The van der Waals surface area contributed by atoms with Crippen LogP contribution in [0.4, 0.5) is 0 Å². The Morgan fingerprint density at radius 1 is 1.77 bits per heavy atom. The molecule has 0 aliphatic carbocycles. The number of amides is 1. The van der Waals surface area contributed by atoms with E-state index in [0.29, 0.717) is 6.54 Å². The van der Waals surface area contributed by atoms with Gasteiger partial charge in [0.2, 0.25) is 6.41 Å². The summed E-state index contributed by atoms with van der Waals surface area (Å²) in [6.45, 7) is 1.50. The van der Waals surface area contributed by atoms with E-state index in [9.17, 15) is 4.79 Å². The van der Waals surface area contributed by atoms with Crippen LogP contribution in [0.15, 0.2) is 22.3 Å². The average Bonchev–Trinajstić information content (AvgIpc) is 2.62. The van der Waals surface area contributed by atoms with Crippen molar-refractivity contribution in [2.45, 2.75) is 0 Å². The predicted molar refractivity (Wildman–Crippen MR) is 52.3 cm³/mol. The van der Waals surface area contributed by atoms with Crippen LogP contribution in [0.25, 0.3) is 0 Å². The van der Waals surface area contributed by atoms with Gasteiger partial charge >= 0.3 is 0 Å². The molecule has 0 bridgehead atoms. The zero-order chi connectivity index (χ0) is 9.26. The van der Waals surface area contributed by atoms with Crippen LogP contribution < -0.4 is 5.32 Å². The fraction of sp³-hybridized carbons (Fsp3) is 0.375. The lowest BCUT2D eigenvalue weighted by atomic mass is 10.4. The molecule has 0 radical (unpaired) electrons. The molecule has 2 aliphatic heterocycles. The van der Waals surface area contributed by atoms with Crippen molar-refractivity contribution in [2.75, 3.05) is 20.3 Å². The van der Waals surface area contributed by atoms with Crippen molar-refractivity contribution in [2.24, 2.45) is 0 Å². The van der Waals surface area contributed by atoms with Gasteiger partial charge in [0.15, 0.2) is 0 Å². The van der Waals surface area contributed by atoms with Crippen LogP contribution in [0.1, 0.15) is 0 Å². The maximum Gasteiger partial charge on any atom is 0.207 e. The zero-order valence-corrected chi connectivity index (χ0v) is 8.17. The lowest BCUT2D eigenvalue weighted by Crippen LogP contribution is -2.25. The van der Waals surface area contributed by atoms with Gasteiger partial charge in [-0.2, -0.15) is 0 Å². The topological polar surface area (TPSA) is 35.6 Å². The first-order valence-corrected chi connectivity index (χ1v) is 4.92. The highest BCUT2D eigenvalue weighted by atomic mass is 32.2. The van der Waals surface area contributed by atoms with E-state index in [1.54, 1.807) is 11.8 Å². The van der Waals surface area contributed by atoms with Crippen LogP contribution in [0.2, 0.25) is 0 Å². The van der Waals surface area contributed by atoms with Crippen molar-refractivity contribution in [1.82, 2.24) is 15.1 Å². The Kier molecular flexibility index (Phi) is 2.18. The summed E-state index contributed by atoms with van der Waals surface area (Å²) in [7, 11) is 2.03. The molecule has 0 atom stereocenters. The summed E-state index contributed by atoms with van der Waals surface area (Å²) < 4.78 is 0. The number of likely N-dealkylation sites (N-methyl/N-ethyl adjacent to an activating group) is 1. The maximum atomic E-state index is 10.2. The summed E-state index contributed by atoms with van der Waals surface area (Å²) in [5, 5.41) is 5.98. The SMILES string of the molecule is CN1CN2C=CSC2=C1CNC=O. The average molecular weight is 197 g/mol. The zero-order valence-electron chi connectivity index (χ0n) is 7.36. The molecule has 2 heterocycles. The van der Waals surface area contributed by atoms with Crippen molar-refractivity contribution in [3.8, 4) is 0 Å². The minimum atomic E-state index is 0.612. The number of thioether (sulfide) groups is 1. The second-order valence-electron chi connectivity index (χ2n) is 2.96. The lowest BCUT2D eigenvalue weighted by Gasteiger charge is -2.15. The first-order valence-electron chi connectivity index (χ1n) is 4.04.